The summed E-state index contributed by atoms with van der Waals surface area (Å²) in [5.41, 5.74) is -0.208. The first-order valence-electron chi connectivity index (χ1n) is 5.40. The van der Waals surface area contributed by atoms with Crippen molar-refractivity contribution >= 4 is 23.0 Å². The quantitative estimate of drug-likeness (QED) is 0.641. The van der Waals surface area contributed by atoms with Gasteiger partial charge >= 0.3 is 0 Å². The van der Waals surface area contributed by atoms with E-state index in [0.717, 1.165) is 19.3 Å². The highest BCUT2D eigenvalue weighted by atomic mass is 35.5. The fourth-order valence-corrected chi connectivity index (χ4v) is 2.20. The highest BCUT2D eigenvalue weighted by molar-refractivity contribution is 6.33. The molecule has 0 unspecified atom stereocenters. The molecule has 0 heterocycles. The predicted molar refractivity (Wildman–Crippen MR) is 65.4 cm³/mol. The third-order valence-corrected chi connectivity index (χ3v) is 3.51. The van der Waals surface area contributed by atoms with Crippen LogP contribution in [0.1, 0.15) is 19.3 Å². The van der Waals surface area contributed by atoms with Crippen molar-refractivity contribution in [3.63, 3.8) is 0 Å². The number of para-hydroxylation sites is 1. The fraction of sp³-hybridized carbons (Fsp3) is 0.455. The van der Waals surface area contributed by atoms with Crippen LogP contribution in [0, 0.1) is 10.1 Å². The number of hydrogen-bond acceptors (Lipinski definition) is 4. The molecular weight excluding hydrogens is 244 g/mol. The van der Waals surface area contributed by atoms with Gasteiger partial charge in [-0.2, -0.15) is 0 Å². The van der Waals surface area contributed by atoms with Crippen molar-refractivity contribution in [3.8, 4) is 0 Å². The van der Waals surface area contributed by atoms with Gasteiger partial charge in [-0.3, -0.25) is 10.1 Å². The Morgan fingerprint density at radius 1 is 1.53 bits per heavy atom. The molecule has 0 atom stereocenters. The van der Waals surface area contributed by atoms with Crippen LogP contribution in [0.5, 0.6) is 0 Å². The topological polar surface area (TPSA) is 75.4 Å². The molecule has 1 saturated carbocycles. The lowest BCUT2D eigenvalue weighted by Gasteiger charge is -2.41. The number of benzene rings is 1. The van der Waals surface area contributed by atoms with E-state index in [1.807, 2.05) is 0 Å². The molecule has 1 aromatic carbocycles. The monoisotopic (exact) mass is 256 g/mol. The number of nitrogens with one attached hydrogen (secondary N) is 1. The van der Waals surface area contributed by atoms with Crippen LogP contribution < -0.4 is 5.32 Å². The van der Waals surface area contributed by atoms with Crippen LogP contribution in [0.4, 0.5) is 11.4 Å². The Kier molecular flexibility index (Phi) is 3.22. The lowest BCUT2D eigenvalue weighted by atomic mass is 9.77. The van der Waals surface area contributed by atoms with Crippen LogP contribution in [-0.4, -0.2) is 22.2 Å². The van der Waals surface area contributed by atoms with Crippen molar-refractivity contribution < 1.29 is 10.0 Å². The minimum Gasteiger partial charge on any atom is -0.394 e. The first kappa shape index (κ1) is 12.1. The molecule has 0 spiro atoms. The molecule has 5 nitrogen and oxygen atoms in total. The summed E-state index contributed by atoms with van der Waals surface area (Å²) in [4.78, 5) is 10.4. The van der Waals surface area contributed by atoms with Gasteiger partial charge in [-0.25, -0.2) is 0 Å². The number of nitrogens with zero attached hydrogens (tertiary/aromatic N) is 1. The number of rotatable bonds is 4. The summed E-state index contributed by atoms with van der Waals surface area (Å²) < 4.78 is 0. The Hall–Kier alpha value is -1.33. The van der Waals surface area contributed by atoms with Gasteiger partial charge in [-0.15, -0.1) is 0 Å². The maximum atomic E-state index is 10.9. The maximum absolute atomic E-state index is 10.9. The van der Waals surface area contributed by atoms with E-state index in [-0.39, 0.29) is 12.3 Å². The van der Waals surface area contributed by atoms with Crippen LogP contribution >= 0.6 is 11.6 Å². The molecule has 1 aromatic rings. The van der Waals surface area contributed by atoms with Crippen molar-refractivity contribution in [2.75, 3.05) is 11.9 Å². The zero-order chi connectivity index (χ0) is 12.5. The van der Waals surface area contributed by atoms with E-state index in [4.69, 9.17) is 11.6 Å². The van der Waals surface area contributed by atoms with Gasteiger partial charge in [0.05, 0.1) is 22.1 Å². The van der Waals surface area contributed by atoms with Crippen LogP contribution in [-0.2, 0) is 0 Å². The normalized spacial score (nSPS) is 17.3. The minimum absolute atomic E-state index is 0.0463. The van der Waals surface area contributed by atoms with Gasteiger partial charge in [-0.05, 0) is 25.3 Å². The Balaban J connectivity index is 2.34. The standard InChI is InChI=1S/C11H13ClN2O3/c12-8-3-1-4-9(14(16)17)10(8)13-11(7-15)5-2-6-11/h1,3-4,13,15H,2,5-7H2. The lowest BCUT2D eigenvalue weighted by Crippen LogP contribution is -2.48. The van der Waals surface area contributed by atoms with E-state index >= 15 is 0 Å². The number of aliphatic hydroxyl groups excluding tert-OH is 1. The fourth-order valence-electron chi connectivity index (χ4n) is 1.98. The number of hydrogen-bond donors (Lipinski definition) is 2. The smallest absolute Gasteiger partial charge is 0.293 e. The number of aliphatic hydroxyl groups is 1. The van der Waals surface area contributed by atoms with E-state index in [1.165, 1.54) is 12.1 Å². The van der Waals surface area contributed by atoms with Gasteiger partial charge in [0.25, 0.3) is 5.69 Å². The zero-order valence-corrected chi connectivity index (χ0v) is 9.91. The third kappa shape index (κ3) is 2.21. The van der Waals surface area contributed by atoms with Gasteiger partial charge in [0.1, 0.15) is 5.69 Å². The molecule has 1 aliphatic carbocycles. The third-order valence-electron chi connectivity index (χ3n) is 3.19. The van der Waals surface area contributed by atoms with Crippen molar-refractivity contribution in [2.24, 2.45) is 0 Å². The summed E-state index contributed by atoms with van der Waals surface area (Å²) in [6.45, 7) is -0.0463. The molecule has 0 bridgehead atoms. The highest BCUT2D eigenvalue weighted by Crippen LogP contribution is 2.40. The molecule has 6 heteroatoms. The van der Waals surface area contributed by atoms with Crippen molar-refractivity contribution in [1.29, 1.82) is 0 Å². The number of halogens is 1. The molecule has 0 amide bonds. The summed E-state index contributed by atoms with van der Waals surface area (Å²) >= 11 is 5.97. The summed E-state index contributed by atoms with van der Waals surface area (Å²) in [6, 6.07) is 4.54. The second-order valence-electron chi connectivity index (χ2n) is 4.31. The van der Waals surface area contributed by atoms with E-state index in [2.05, 4.69) is 5.32 Å². The van der Waals surface area contributed by atoms with Crippen molar-refractivity contribution in [2.45, 2.75) is 24.8 Å². The van der Waals surface area contributed by atoms with E-state index in [0.29, 0.717) is 10.7 Å². The largest absolute Gasteiger partial charge is 0.394 e. The van der Waals surface area contributed by atoms with Gasteiger partial charge in [-0.1, -0.05) is 17.7 Å². The Bertz CT molecular complexity index is 441. The minimum atomic E-state index is -0.474. The summed E-state index contributed by atoms with van der Waals surface area (Å²) in [5.74, 6) is 0. The predicted octanol–water partition coefficient (Wildman–Crippen LogP) is 2.58. The average molecular weight is 257 g/mol. The number of nitro groups is 1. The van der Waals surface area contributed by atoms with E-state index < -0.39 is 10.5 Å². The molecular formula is C11H13ClN2O3. The molecule has 0 radical (unpaired) electrons. The highest BCUT2D eigenvalue weighted by Gasteiger charge is 2.38. The Morgan fingerprint density at radius 2 is 2.24 bits per heavy atom. The molecule has 92 valence electrons. The van der Waals surface area contributed by atoms with Crippen molar-refractivity contribution in [3.05, 3.63) is 33.3 Å². The molecule has 0 aliphatic heterocycles. The van der Waals surface area contributed by atoms with Crippen molar-refractivity contribution in [1.82, 2.24) is 0 Å². The van der Waals surface area contributed by atoms with Crippen LogP contribution in [0.15, 0.2) is 18.2 Å². The molecule has 0 aromatic heterocycles. The maximum Gasteiger partial charge on any atom is 0.293 e. The van der Waals surface area contributed by atoms with Gasteiger partial charge in [0.2, 0.25) is 0 Å². The summed E-state index contributed by atoms with van der Waals surface area (Å²) in [6.07, 6.45) is 2.60. The van der Waals surface area contributed by atoms with Gasteiger partial charge in [0, 0.05) is 6.07 Å². The first-order valence-corrected chi connectivity index (χ1v) is 5.78. The van der Waals surface area contributed by atoms with Gasteiger partial charge < -0.3 is 10.4 Å². The van der Waals surface area contributed by atoms with E-state index in [1.54, 1.807) is 6.07 Å². The molecule has 2 N–H and O–H groups in total. The lowest BCUT2D eigenvalue weighted by molar-refractivity contribution is -0.384. The zero-order valence-electron chi connectivity index (χ0n) is 9.15. The van der Waals surface area contributed by atoms with Crippen LogP contribution in [0.2, 0.25) is 5.02 Å². The second kappa shape index (κ2) is 4.50. The van der Waals surface area contributed by atoms with Gasteiger partial charge in [0.15, 0.2) is 0 Å². The average Bonchev–Trinajstić information content (AvgIpc) is 2.25. The molecule has 2 rings (SSSR count). The second-order valence-corrected chi connectivity index (χ2v) is 4.72. The van der Waals surface area contributed by atoms with Crippen LogP contribution in [0.25, 0.3) is 0 Å². The molecule has 1 aliphatic rings. The SMILES string of the molecule is O=[N+]([O-])c1cccc(Cl)c1NC1(CO)CCC1. The number of anilines is 1. The van der Waals surface area contributed by atoms with E-state index in [9.17, 15) is 15.2 Å². The summed E-state index contributed by atoms with van der Waals surface area (Å²) in [7, 11) is 0. The summed E-state index contributed by atoms with van der Waals surface area (Å²) in [5, 5.41) is 23.6. The Morgan fingerprint density at radius 3 is 2.71 bits per heavy atom. The number of nitro benzene ring substituents is 1. The molecule has 1 fully saturated rings. The molecule has 0 saturated heterocycles. The van der Waals surface area contributed by atoms with Crippen LogP contribution in [0.3, 0.4) is 0 Å². The first-order chi connectivity index (χ1) is 8.08. The molecule has 17 heavy (non-hydrogen) atoms. The Labute approximate surface area is 104 Å².